The molecular weight excluding hydrogens is 438 g/mol. The minimum atomic E-state index is -3.74. The first-order chi connectivity index (χ1) is 12.2. The Hall–Kier alpha value is -1.83. The van der Waals surface area contributed by atoms with Gasteiger partial charge in [0.2, 0.25) is 0 Å². The lowest BCUT2D eigenvalue weighted by Crippen LogP contribution is -2.15. The van der Waals surface area contributed by atoms with Crippen LogP contribution in [0.15, 0.2) is 58.0 Å². The van der Waals surface area contributed by atoms with Crippen LogP contribution in [0.2, 0.25) is 5.02 Å². The van der Waals surface area contributed by atoms with E-state index in [0.717, 1.165) is 10.0 Å². The monoisotopic (exact) mass is 453 g/mol. The Morgan fingerprint density at radius 2 is 1.81 bits per heavy atom. The van der Waals surface area contributed by atoms with Crippen molar-refractivity contribution in [2.24, 2.45) is 0 Å². The van der Waals surface area contributed by atoms with E-state index in [1.807, 2.05) is 24.3 Å². The number of aromatic nitrogens is 2. The smallest absolute Gasteiger partial charge is 0.263 e. The Balaban J connectivity index is 1.80. The van der Waals surface area contributed by atoms with Crippen molar-refractivity contribution in [3.05, 3.63) is 74.8 Å². The maximum Gasteiger partial charge on any atom is 0.263 e. The van der Waals surface area contributed by atoms with Crippen LogP contribution in [-0.2, 0) is 16.6 Å². The van der Waals surface area contributed by atoms with Crippen LogP contribution in [0.3, 0.4) is 0 Å². The Labute approximate surface area is 166 Å². The van der Waals surface area contributed by atoms with Gasteiger partial charge >= 0.3 is 0 Å². The van der Waals surface area contributed by atoms with Crippen LogP contribution in [0.1, 0.15) is 16.7 Å². The molecule has 2 aromatic carbocycles. The molecule has 0 fully saturated rings. The SMILES string of the molecule is Cc1cc(S(=O)(=O)Nc2ccn(Cc3ccc(Br)cc3)n2)c(C)cc1Cl. The summed E-state index contributed by atoms with van der Waals surface area (Å²) in [7, 11) is -3.74. The molecule has 8 heteroatoms. The fourth-order valence-electron chi connectivity index (χ4n) is 2.52. The van der Waals surface area contributed by atoms with Gasteiger partial charge in [-0.25, -0.2) is 8.42 Å². The van der Waals surface area contributed by atoms with Crippen molar-refractivity contribution in [2.75, 3.05) is 4.72 Å². The molecule has 1 aromatic heterocycles. The highest BCUT2D eigenvalue weighted by Gasteiger charge is 2.19. The van der Waals surface area contributed by atoms with E-state index >= 15 is 0 Å². The number of nitrogens with zero attached hydrogens (tertiary/aromatic N) is 2. The number of halogens is 2. The number of benzene rings is 2. The van der Waals surface area contributed by atoms with Crippen molar-refractivity contribution >= 4 is 43.4 Å². The minimum Gasteiger partial charge on any atom is -0.266 e. The molecule has 0 unspecified atom stereocenters. The second-order valence-corrected chi connectivity index (χ2v) is 8.97. The average molecular weight is 455 g/mol. The average Bonchev–Trinajstić information content (AvgIpc) is 2.99. The number of sulfonamides is 1. The van der Waals surface area contributed by atoms with Gasteiger partial charge in [-0.15, -0.1) is 0 Å². The summed E-state index contributed by atoms with van der Waals surface area (Å²) in [5.74, 6) is 0.272. The van der Waals surface area contributed by atoms with Crippen molar-refractivity contribution in [1.29, 1.82) is 0 Å². The summed E-state index contributed by atoms with van der Waals surface area (Å²) in [4.78, 5) is 0.196. The molecule has 5 nitrogen and oxygen atoms in total. The highest BCUT2D eigenvalue weighted by molar-refractivity contribution is 9.10. The molecule has 136 valence electrons. The topological polar surface area (TPSA) is 64.0 Å². The molecule has 0 aliphatic heterocycles. The molecule has 0 spiro atoms. The first-order valence-corrected chi connectivity index (χ1v) is 10.5. The van der Waals surface area contributed by atoms with E-state index in [0.29, 0.717) is 22.7 Å². The number of aryl methyl sites for hydroxylation is 2. The summed E-state index contributed by atoms with van der Waals surface area (Å²) >= 11 is 9.45. The predicted octanol–water partition coefficient (Wildman–Crippen LogP) is 4.76. The van der Waals surface area contributed by atoms with Crippen molar-refractivity contribution in [2.45, 2.75) is 25.3 Å². The molecule has 1 heterocycles. The van der Waals surface area contributed by atoms with Crippen LogP contribution in [0.25, 0.3) is 0 Å². The van der Waals surface area contributed by atoms with E-state index in [1.54, 1.807) is 42.9 Å². The van der Waals surface area contributed by atoms with Crippen molar-refractivity contribution in [1.82, 2.24) is 9.78 Å². The van der Waals surface area contributed by atoms with E-state index in [1.165, 1.54) is 0 Å². The van der Waals surface area contributed by atoms with E-state index in [4.69, 9.17) is 11.6 Å². The van der Waals surface area contributed by atoms with Gasteiger partial charge in [-0.2, -0.15) is 5.10 Å². The molecule has 0 aliphatic carbocycles. The number of anilines is 1. The van der Waals surface area contributed by atoms with Gasteiger partial charge in [0.15, 0.2) is 5.82 Å². The Kier molecular flexibility index (Phi) is 5.41. The molecule has 0 saturated carbocycles. The van der Waals surface area contributed by atoms with Crippen LogP contribution >= 0.6 is 27.5 Å². The molecule has 0 amide bonds. The zero-order chi connectivity index (χ0) is 18.9. The summed E-state index contributed by atoms with van der Waals surface area (Å²) < 4.78 is 30.6. The first-order valence-electron chi connectivity index (χ1n) is 7.82. The van der Waals surface area contributed by atoms with Gasteiger partial charge in [-0.3, -0.25) is 9.40 Å². The molecule has 0 aliphatic rings. The van der Waals surface area contributed by atoms with Crippen molar-refractivity contribution in [3.63, 3.8) is 0 Å². The highest BCUT2D eigenvalue weighted by atomic mass is 79.9. The zero-order valence-electron chi connectivity index (χ0n) is 14.2. The number of hydrogen-bond donors (Lipinski definition) is 1. The van der Waals surface area contributed by atoms with Crippen molar-refractivity contribution in [3.8, 4) is 0 Å². The molecule has 0 saturated heterocycles. The largest absolute Gasteiger partial charge is 0.266 e. The fraction of sp³-hybridized carbons (Fsp3) is 0.167. The van der Waals surface area contributed by atoms with E-state index in [-0.39, 0.29) is 10.7 Å². The number of hydrogen-bond acceptors (Lipinski definition) is 3. The standard InChI is InChI=1S/C18H17BrClN3O2S/c1-12-10-17(13(2)9-16(12)20)26(24,25)22-18-7-8-23(21-18)11-14-3-5-15(19)6-4-14/h3-10H,11H2,1-2H3,(H,21,22). The van der Waals surface area contributed by atoms with Crippen LogP contribution in [0.4, 0.5) is 5.82 Å². The van der Waals surface area contributed by atoms with Gasteiger partial charge in [0.25, 0.3) is 10.0 Å². The molecule has 0 atom stereocenters. The van der Waals surface area contributed by atoms with Gasteiger partial charge in [0.1, 0.15) is 0 Å². The lowest BCUT2D eigenvalue weighted by Gasteiger charge is -2.10. The van der Waals surface area contributed by atoms with Crippen LogP contribution in [0, 0.1) is 13.8 Å². The van der Waals surface area contributed by atoms with Gasteiger partial charge < -0.3 is 0 Å². The van der Waals surface area contributed by atoms with Crippen LogP contribution in [-0.4, -0.2) is 18.2 Å². The quantitative estimate of drug-likeness (QED) is 0.604. The van der Waals surface area contributed by atoms with E-state index in [2.05, 4.69) is 25.8 Å². The normalized spacial score (nSPS) is 11.5. The first kappa shape index (κ1) is 18.9. The Bertz CT molecular complexity index is 1050. The third kappa shape index (κ3) is 4.28. The molecule has 3 aromatic rings. The summed E-state index contributed by atoms with van der Waals surface area (Å²) in [5, 5.41) is 4.84. The summed E-state index contributed by atoms with van der Waals surface area (Å²) in [6.07, 6.45) is 1.74. The zero-order valence-corrected chi connectivity index (χ0v) is 17.4. The summed E-state index contributed by atoms with van der Waals surface area (Å²) in [6, 6.07) is 12.7. The summed E-state index contributed by atoms with van der Waals surface area (Å²) in [5.41, 5.74) is 2.36. The molecule has 0 bridgehead atoms. The van der Waals surface area contributed by atoms with Gasteiger partial charge in [-0.05, 0) is 54.8 Å². The third-order valence-electron chi connectivity index (χ3n) is 3.88. The van der Waals surface area contributed by atoms with E-state index in [9.17, 15) is 8.42 Å². The number of nitrogens with one attached hydrogen (secondary N) is 1. The van der Waals surface area contributed by atoms with Crippen LogP contribution < -0.4 is 4.72 Å². The third-order valence-corrected chi connectivity index (χ3v) is 6.32. The summed E-state index contributed by atoms with van der Waals surface area (Å²) in [6.45, 7) is 4.04. The Morgan fingerprint density at radius 3 is 2.50 bits per heavy atom. The lowest BCUT2D eigenvalue weighted by atomic mass is 10.2. The van der Waals surface area contributed by atoms with Gasteiger partial charge in [0.05, 0.1) is 11.4 Å². The number of rotatable bonds is 5. The van der Waals surface area contributed by atoms with E-state index < -0.39 is 10.0 Å². The molecule has 1 N–H and O–H groups in total. The molecule has 3 rings (SSSR count). The maximum atomic E-state index is 12.7. The minimum absolute atomic E-state index is 0.196. The second-order valence-electron chi connectivity index (χ2n) is 6.00. The fourth-order valence-corrected chi connectivity index (χ4v) is 4.31. The lowest BCUT2D eigenvalue weighted by molar-refractivity contribution is 0.600. The highest BCUT2D eigenvalue weighted by Crippen LogP contribution is 2.25. The molecule has 26 heavy (non-hydrogen) atoms. The van der Waals surface area contributed by atoms with Gasteiger partial charge in [-0.1, -0.05) is 39.7 Å². The van der Waals surface area contributed by atoms with Gasteiger partial charge in [0, 0.05) is 21.8 Å². The predicted molar refractivity (Wildman–Crippen MR) is 107 cm³/mol. The van der Waals surface area contributed by atoms with Crippen molar-refractivity contribution < 1.29 is 8.42 Å². The molecule has 0 radical (unpaired) electrons. The second kappa shape index (κ2) is 7.42. The van der Waals surface area contributed by atoms with Crippen LogP contribution in [0.5, 0.6) is 0 Å². The molecular formula is C18H17BrClN3O2S. The Morgan fingerprint density at radius 1 is 1.12 bits per heavy atom. The maximum absolute atomic E-state index is 12.7.